The number of β-amino-alcohol motifs (C(OH)–C–C–N with tert-alkyl or cyclic N) is 1. The molecule has 9 heteroatoms. The standard InChI is InChI=1S/C24H30BrN3O5/c25-16-13-24-18(17(19(16)33-24)21(30)26-14-7-3-1-4-8-14)23(32)28(11-12-29)20(24)22(31)27-15-9-5-2-6-10-15/h1,3-4,7-8,15-20,29H,2,5-6,9-13H2,(H,26,30)(H,27,31)/t16?,17-,18-,19-,20?,24?/m0/s1. The van der Waals surface area contributed by atoms with E-state index in [0.29, 0.717) is 12.1 Å². The van der Waals surface area contributed by atoms with Crippen LogP contribution in [-0.4, -0.2) is 69.5 Å². The van der Waals surface area contributed by atoms with E-state index in [2.05, 4.69) is 26.6 Å². The van der Waals surface area contributed by atoms with Crippen LogP contribution in [0.15, 0.2) is 30.3 Å². The van der Waals surface area contributed by atoms with E-state index in [4.69, 9.17) is 4.74 Å². The summed E-state index contributed by atoms with van der Waals surface area (Å²) in [5.41, 5.74) is -0.433. The molecule has 1 aromatic carbocycles. The molecule has 1 spiro atoms. The van der Waals surface area contributed by atoms with Crippen molar-refractivity contribution in [3.63, 3.8) is 0 Å². The summed E-state index contributed by atoms with van der Waals surface area (Å²) in [6.07, 6.45) is 5.15. The minimum atomic E-state index is -1.08. The molecule has 3 unspecified atom stereocenters. The Balaban J connectivity index is 1.45. The van der Waals surface area contributed by atoms with Crippen molar-refractivity contribution in [2.75, 3.05) is 18.5 Å². The zero-order valence-corrected chi connectivity index (χ0v) is 20.0. The van der Waals surface area contributed by atoms with Gasteiger partial charge in [-0.3, -0.25) is 14.4 Å². The van der Waals surface area contributed by atoms with Crippen LogP contribution in [0.4, 0.5) is 5.69 Å². The second-order valence-corrected chi connectivity index (χ2v) is 10.8. The van der Waals surface area contributed by atoms with E-state index in [-0.39, 0.29) is 41.7 Å². The highest BCUT2D eigenvalue weighted by atomic mass is 79.9. The third kappa shape index (κ3) is 3.78. The number of nitrogens with one attached hydrogen (secondary N) is 2. The topological polar surface area (TPSA) is 108 Å². The number of alkyl halides is 1. The molecule has 33 heavy (non-hydrogen) atoms. The first-order chi connectivity index (χ1) is 16.0. The number of halogens is 1. The zero-order chi connectivity index (χ0) is 23.2. The van der Waals surface area contributed by atoms with Gasteiger partial charge in [0.15, 0.2) is 0 Å². The van der Waals surface area contributed by atoms with Gasteiger partial charge in [-0.25, -0.2) is 0 Å². The van der Waals surface area contributed by atoms with Crippen molar-refractivity contribution in [1.29, 1.82) is 0 Å². The third-order valence-electron chi connectivity index (χ3n) is 7.67. The van der Waals surface area contributed by atoms with Crippen LogP contribution in [0.2, 0.25) is 0 Å². The molecular formula is C24H30BrN3O5. The minimum absolute atomic E-state index is 0.0356. The van der Waals surface area contributed by atoms with Gasteiger partial charge in [-0.1, -0.05) is 53.4 Å². The highest BCUT2D eigenvalue weighted by molar-refractivity contribution is 9.09. The van der Waals surface area contributed by atoms with Crippen LogP contribution >= 0.6 is 15.9 Å². The predicted molar refractivity (Wildman–Crippen MR) is 125 cm³/mol. The number of anilines is 1. The Bertz CT molecular complexity index is 924. The van der Waals surface area contributed by atoms with Crippen molar-refractivity contribution in [3.05, 3.63) is 30.3 Å². The van der Waals surface area contributed by atoms with Crippen molar-refractivity contribution >= 4 is 39.3 Å². The Labute approximate surface area is 201 Å². The van der Waals surface area contributed by atoms with Gasteiger partial charge in [-0.2, -0.15) is 0 Å². The maximum atomic E-state index is 13.6. The zero-order valence-electron chi connectivity index (χ0n) is 18.4. The van der Waals surface area contributed by atoms with Gasteiger partial charge in [0.25, 0.3) is 0 Å². The fourth-order valence-corrected chi connectivity index (χ4v) is 7.29. The number of fused-ring (bicyclic) bond motifs is 1. The van der Waals surface area contributed by atoms with Crippen LogP contribution < -0.4 is 10.6 Å². The first-order valence-corrected chi connectivity index (χ1v) is 12.8. The largest absolute Gasteiger partial charge is 0.395 e. The van der Waals surface area contributed by atoms with Crippen molar-refractivity contribution in [2.24, 2.45) is 11.8 Å². The fraction of sp³-hybridized carbons (Fsp3) is 0.625. The summed E-state index contributed by atoms with van der Waals surface area (Å²) in [5, 5.41) is 15.7. The van der Waals surface area contributed by atoms with E-state index in [9.17, 15) is 19.5 Å². The predicted octanol–water partition coefficient (Wildman–Crippen LogP) is 1.81. The Morgan fingerprint density at radius 3 is 2.58 bits per heavy atom. The lowest BCUT2D eigenvalue weighted by Gasteiger charge is -2.35. The second-order valence-electron chi connectivity index (χ2n) is 9.62. The number of amides is 3. The van der Waals surface area contributed by atoms with E-state index in [1.165, 1.54) is 11.3 Å². The number of nitrogens with zero attached hydrogens (tertiary/aromatic N) is 1. The van der Waals surface area contributed by atoms with E-state index in [1.54, 1.807) is 12.1 Å². The van der Waals surface area contributed by atoms with Crippen molar-refractivity contribution in [1.82, 2.24) is 10.2 Å². The summed E-state index contributed by atoms with van der Waals surface area (Å²) >= 11 is 3.66. The highest BCUT2D eigenvalue weighted by Crippen LogP contribution is 2.60. The highest BCUT2D eigenvalue weighted by Gasteiger charge is 2.76. The lowest BCUT2D eigenvalue weighted by Crippen LogP contribution is -2.57. The van der Waals surface area contributed by atoms with E-state index < -0.39 is 29.6 Å². The molecule has 6 atom stereocenters. The third-order valence-corrected chi connectivity index (χ3v) is 8.52. The Morgan fingerprint density at radius 1 is 1.15 bits per heavy atom. The van der Waals surface area contributed by atoms with Gasteiger partial charge in [0.2, 0.25) is 17.7 Å². The molecule has 3 saturated heterocycles. The number of likely N-dealkylation sites (tertiary alicyclic amines) is 1. The normalized spacial score (nSPS) is 35.5. The summed E-state index contributed by atoms with van der Waals surface area (Å²) in [7, 11) is 0. The Morgan fingerprint density at radius 2 is 1.88 bits per heavy atom. The molecule has 3 N–H and O–H groups in total. The van der Waals surface area contributed by atoms with Gasteiger partial charge in [0.05, 0.1) is 24.5 Å². The summed E-state index contributed by atoms with van der Waals surface area (Å²) in [4.78, 5) is 41.8. The molecule has 178 valence electrons. The molecule has 2 bridgehead atoms. The molecule has 4 fully saturated rings. The number of carbonyl (C=O) groups excluding carboxylic acids is 3. The SMILES string of the molecule is O=C(NC1CCCCC1)C1N(CCO)C(=O)[C@@H]2[C@H](C(=O)Nc3ccccc3)[C@H]3OC12CC3Br. The van der Waals surface area contributed by atoms with Crippen molar-refractivity contribution in [3.8, 4) is 0 Å². The molecule has 5 rings (SSSR count). The first kappa shape index (κ1) is 22.8. The number of para-hydroxylation sites is 1. The summed E-state index contributed by atoms with van der Waals surface area (Å²) in [6.45, 7) is -0.225. The minimum Gasteiger partial charge on any atom is -0.395 e. The lowest BCUT2D eigenvalue weighted by molar-refractivity contribution is -0.142. The number of aliphatic hydroxyl groups excluding tert-OH is 1. The fourth-order valence-electron chi connectivity index (χ4n) is 6.35. The average Bonchev–Trinajstić information content (AvgIpc) is 3.39. The number of rotatable bonds is 6. The van der Waals surface area contributed by atoms with Crippen LogP contribution in [0.1, 0.15) is 38.5 Å². The van der Waals surface area contributed by atoms with Gasteiger partial charge in [-0.05, 0) is 31.4 Å². The number of carbonyl (C=O) groups is 3. The average molecular weight is 520 g/mol. The number of aliphatic hydroxyl groups is 1. The van der Waals surface area contributed by atoms with Crippen molar-refractivity contribution in [2.45, 2.75) is 67.1 Å². The Hall–Kier alpha value is -1.97. The molecule has 3 amide bonds. The first-order valence-electron chi connectivity index (χ1n) is 11.9. The molecule has 0 radical (unpaired) electrons. The number of benzene rings is 1. The van der Waals surface area contributed by atoms with Crippen LogP contribution in [0, 0.1) is 11.8 Å². The molecule has 1 saturated carbocycles. The van der Waals surface area contributed by atoms with Gasteiger partial charge in [-0.15, -0.1) is 0 Å². The van der Waals surface area contributed by atoms with Gasteiger partial charge < -0.3 is 25.4 Å². The molecule has 8 nitrogen and oxygen atoms in total. The van der Waals surface area contributed by atoms with E-state index in [1.807, 2.05) is 18.2 Å². The van der Waals surface area contributed by atoms with Gasteiger partial charge in [0.1, 0.15) is 11.6 Å². The molecule has 3 heterocycles. The molecule has 0 aromatic heterocycles. The van der Waals surface area contributed by atoms with Gasteiger partial charge >= 0.3 is 0 Å². The summed E-state index contributed by atoms with van der Waals surface area (Å²) in [5.74, 6) is -2.29. The lowest BCUT2D eigenvalue weighted by atomic mass is 9.70. The number of hydrogen-bond donors (Lipinski definition) is 3. The van der Waals surface area contributed by atoms with Crippen LogP contribution in [0.5, 0.6) is 0 Å². The van der Waals surface area contributed by atoms with E-state index >= 15 is 0 Å². The van der Waals surface area contributed by atoms with Crippen molar-refractivity contribution < 1.29 is 24.2 Å². The number of hydrogen-bond acceptors (Lipinski definition) is 5. The summed E-state index contributed by atoms with van der Waals surface area (Å²) < 4.78 is 6.42. The smallest absolute Gasteiger partial charge is 0.246 e. The molecular weight excluding hydrogens is 490 g/mol. The van der Waals surface area contributed by atoms with Gasteiger partial charge in [0, 0.05) is 23.1 Å². The second kappa shape index (κ2) is 9.00. The van der Waals surface area contributed by atoms with Crippen LogP contribution in [-0.2, 0) is 19.1 Å². The molecule has 1 aliphatic carbocycles. The van der Waals surface area contributed by atoms with Crippen LogP contribution in [0.3, 0.4) is 0 Å². The monoisotopic (exact) mass is 519 g/mol. The van der Waals surface area contributed by atoms with E-state index in [0.717, 1.165) is 25.7 Å². The molecule has 1 aromatic rings. The Kier molecular flexibility index (Phi) is 6.22. The maximum Gasteiger partial charge on any atom is 0.246 e. The molecule has 3 aliphatic heterocycles. The van der Waals surface area contributed by atoms with Crippen LogP contribution in [0.25, 0.3) is 0 Å². The quantitative estimate of drug-likeness (QED) is 0.496. The summed E-state index contributed by atoms with van der Waals surface area (Å²) in [6, 6.07) is 8.34. The number of ether oxygens (including phenoxy) is 1. The maximum absolute atomic E-state index is 13.6. The molecule has 4 aliphatic rings.